The minimum atomic E-state index is -0.521. The normalized spacial score (nSPS) is 13.0. The van der Waals surface area contributed by atoms with Crippen LogP contribution < -0.4 is 0 Å². The van der Waals surface area contributed by atoms with Gasteiger partial charge in [-0.1, -0.05) is 6.92 Å². The maximum Gasteiger partial charge on any atom is 0.207 e. The smallest absolute Gasteiger partial charge is 0.207 e. The molecular formula is C13H14BrF2N3. The molecule has 0 aromatic heterocycles. The lowest BCUT2D eigenvalue weighted by Gasteiger charge is -2.27. The predicted molar refractivity (Wildman–Crippen MR) is 73.6 cm³/mol. The summed E-state index contributed by atoms with van der Waals surface area (Å²) in [6.45, 7) is 3.58. The molecule has 0 N–H and O–H groups in total. The number of benzene rings is 1. The lowest BCUT2D eigenvalue weighted by Crippen LogP contribution is -2.29. The lowest BCUT2D eigenvalue weighted by molar-refractivity contribution is 0.380. The van der Waals surface area contributed by atoms with Gasteiger partial charge in [0.25, 0.3) is 0 Å². The standard InChI is InChI=1S/C13H14BrF2N3/c1-4-13(18-7-17)19(3)8(2)9-5-12(16)10(14)6-11(9)15/h5-6,8H,4H2,1-3H3. The molecular weight excluding hydrogens is 316 g/mol. The molecule has 0 spiro atoms. The summed E-state index contributed by atoms with van der Waals surface area (Å²) < 4.78 is 27.5. The summed E-state index contributed by atoms with van der Waals surface area (Å²) >= 11 is 2.94. The van der Waals surface area contributed by atoms with Crippen LogP contribution in [0.3, 0.4) is 0 Å². The van der Waals surface area contributed by atoms with Crippen molar-refractivity contribution in [3.8, 4) is 6.19 Å². The minimum absolute atomic E-state index is 0.0880. The van der Waals surface area contributed by atoms with Crippen molar-refractivity contribution in [2.24, 2.45) is 4.99 Å². The average Bonchev–Trinajstić information content (AvgIpc) is 2.38. The fraction of sp³-hybridized carbons (Fsp3) is 0.385. The first-order chi connectivity index (χ1) is 8.92. The number of nitrogens with zero attached hydrogens (tertiary/aromatic N) is 3. The molecule has 3 nitrogen and oxygen atoms in total. The zero-order valence-electron chi connectivity index (χ0n) is 10.9. The first-order valence-electron chi connectivity index (χ1n) is 5.75. The van der Waals surface area contributed by atoms with Crippen LogP contribution in [0.2, 0.25) is 0 Å². The van der Waals surface area contributed by atoms with E-state index in [0.29, 0.717) is 12.3 Å². The summed E-state index contributed by atoms with van der Waals surface area (Å²) in [5.74, 6) is -0.496. The SMILES string of the molecule is CCC(=NC#N)N(C)C(C)c1cc(F)c(Br)cc1F. The molecule has 0 amide bonds. The molecule has 1 unspecified atom stereocenters. The Labute approximate surface area is 119 Å². The molecule has 0 heterocycles. The Morgan fingerprint density at radius 1 is 1.47 bits per heavy atom. The van der Waals surface area contributed by atoms with E-state index in [1.165, 1.54) is 0 Å². The van der Waals surface area contributed by atoms with Crippen LogP contribution in [-0.4, -0.2) is 17.8 Å². The van der Waals surface area contributed by atoms with Gasteiger partial charge in [0.2, 0.25) is 6.19 Å². The highest BCUT2D eigenvalue weighted by Gasteiger charge is 2.20. The predicted octanol–water partition coefficient (Wildman–Crippen LogP) is 4.01. The Morgan fingerprint density at radius 2 is 2.11 bits per heavy atom. The Hall–Kier alpha value is -1.48. The Morgan fingerprint density at radius 3 is 2.63 bits per heavy atom. The van der Waals surface area contributed by atoms with Crippen molar-refractivity contribution in [2.75, 3.05) is 7.05 Å². The third kappa shape index (κ3) is 3.51. The summed E-state index contributed by atoms with van der Waals surface area (Å²) in [7, 11) is 1.70. The van der Waals surface area contributed by atoms with Crippen LogP contribution in [0.15, 0.2) is 21.6 Å². The van der Waals surface area contributed by atoms with E-state index in [9.17, 15) is 8.78 Å². The molecule has 102 valence electrons. The Balaban J connectivity index is 3.13. The quantitative estimate of drug-likeness (QED) is 0.364. The van der Waals surface area contributed by atoms with E-state index in [-0.39, 0.29) is 10.0 Å². The molecule has 0 saturated carbocycles. The van der Waals surface area contributed by atoms with Crippen molar-refractivity contribution >= 4 is 21.8 Å². The number of hydrogen-bond acceptors (Lipinski definition) is 2. The van der Waals surface area contributed by atoms with Crippen LogP contribution in [-0.2, 0) is 0 Å². The van der Waals surface area contributed by atoms with Gasteiger partial charge in [0.1, 0.15) is 17.5 Å². The third-order valence-corrected chi connectivity index (χ3v) is 3.58. The molecule has 1 rings (SSSR count). The second-order valence-corrected chi connectivity index (χ2v) is 4.91. The van der Waals surface area contributed by atoms with Crippen LogP contribution in [0.25, 0.3) is 0 Å². The number of rotatable bonds is 3. The minimum Gasteiger partial charge on any atom is -0.356 e. The Kier molecular flexibility index (Phi) is 5.43. The van der Waals surface area contributed by atoms with Gasteiger partial charge >= 0.3 is 0 Å². The molecule has 1 aromatic rings. The van der Waals surface area contributed by atoms with Gasteiger partial charge in [-0.15, -0.1) is 0 Å². The van der Waals surface area contributed by atoms with E-state index in [4.69, 9.17) is 5.26 Å². The van der Waals surface area contributed by atoms with Gasteiger partial charge in [-0.25, -0.2) is 8.78 Å². The molecule has 0 aliphatic rings. The van der Waals surface area contributed by atoms with Crippen LogP contribution >= 0.6 is 15.9 Å². The molecule has 1 aromatic carbocycles. The molecule has 0 radical (unpaired) electrons. The lowest BCUT2D eigenvalue weighted by atomic mass is 10.1. The molecule has 0 saturated heterocycles. The largest absolute Gasteiger partial charge is 0.356 e. The molecule has 6 heteroatoms. The van der Waals surface area contributed by atoms with Crippen LogP contribution in [0.1, 0.15) is 31.9 Å². The van der Waals surface area contributed by atoms with E-state index in [1.54, 1.807) is 25.1 Å². The van der Waals surface area contributed by atoms with Crippen LogP contribution in [0, 0.1) is 23.1 Å². The molecule has 0 aliphatic heterocycles. The molecule has 19 heavy (non-hydrogen) atoms. The number of nitriles is 1. The first-order valence-corrected chi connectivity index (χ1v) is 6.54. The number of halogens is 3. The second kappa shape index (κ2) is 6.62. The molecule has 0 bridgehead atoms. The zero-order chi connectivity index (χ0) is 14.6. The maximum absolute atomic E-state index is 13.9. The number of aliphatic imine (C=N–C) groups is 1. The maximum atomic E-state index is 13.9. The van der Waals surface area contributed by atoms with Crippen molar-refractivity contribution < 1.29 is 8.78 Å². The Bertz CT molecular complexity index is 537. The van der Waals surface area contributed by atoms with Gasteiger partial charge in [-0.05, 0) is 35.0 Å². The summed E-state index contributed by atoms with van der Waals surface area (Å²) in [5.41, 5.74) is 0.224. The number of amidine groups is 1. The van der Waals surface area contributed by atoms with E-state index < -0.39 is 17.7 Å². The summed E-state index contributed by atoms with van der Waals surface area (Å²) in [4.78, 5) is 5.34. The van der Waals surface area contributed by atoms with E-state index in [1.807, 2.05) is 6.92 Å². The third-order valence-electron chi connectivity index (χ3n) is 2.97. The topological polar surface area (TPSA) is 39.4 Å². The van der Waals surface area contributed by atoms with Gasteiger partial charge in [0.15, 0.2) is 0 Å². The van der Waals surface area contributed by atoms with Crippen molar-refractivity contribution in [3.63, 3.8) is 0 Å². The van der Waals surface area contributed by atoms with Crippen LogP contribution in [0.4, 0.5) is 8.78 Å². The molecule has 0 aliphatic carbocycles. The first kappa shape index (κ1) is 15.6. The van der Waals surface area contributed by atoms with Crippen molar-refractivity contribution in [1.29, 1.82) is 5.26 Å². The van der Waals surface area contributed by atoms with Gasteiger partial charge in [-0.2, -0.15) is 10.3 Å². The van der Waals surface area contributed by atoms with Gasteiger partial charge in [-0.3, -0.25) is 0 Å². The second-order valence-electron chi connectivity index (χ2n) is 4.06. The number of hydrogen-bond donors (Lipinski definition) is 0. The molecule has 1 atom stereocenters. The van der Waals surface area contributed by atoms with E-state index >= 15 is 0 Å². The van der Waals surface area contributed by atoms with E-state index in [2.05, 4.69) is 20.9 Å². The highest BCUT2D eigenvalue weighted by molar-refractivity contribution is 9.10. The average molecular weight is 330 g/mol. The van der Waals surface area contributed by atoms with Gasteiger partial charge < -0.3 is 4.90 Å². The van der Waals surface area contributed by atoms with Crippen molar-refractivity contribution in [1.82, 2.24) is 4.90 Å². The van der Waals surface area contributed by atoms with E-state index in [0.717, 1.165) is 12.1 Å². The monoisotopic (exact) mass is 329 g/mol. The molecule has 0 fully saturated rings. The fourth-order valence-electron chi connectivity index (χ4n) is 1.76. The van der Waals surface area contributed by atoms with Crippen molar-refractivity contribution in [2.45, 2.75) is 26.3 Å². The highest BCUT2D eigenvalue weighted by atomic mass is 79.9. The zero-order valence-corrected chi connectivity index (χ0v) is 12.5. The van der Waals surface area contributed by atoms with Crippen molar-refractivity contribution in [3.05, 3.63) is 33.8 Å². The van der Waals surface area contributed by atoms with Gasteiger partial charge in [0.05, 0.1) is 10.5 Å². The fourth-order valence-corrected chi connectivity index (χ4v) is 2.07. The van der Waals surface area contributed by atoms with Crippen LogP contribution in [0.5, 0.6) is 0 Å². The van der Waals surface area contributed by atoms with Gasteiger partial charge in [0, 0.05) is 19.0 Å². The summed E-state index contributed by atoms with van der Waals surface area (Å²) in [6.07, 6.45) is 2.25. The summed E-state index contributed by atoms with van der Waals surface area (Å²) in [6, 6.07) is 1.83. The highest BCUT2D eigenvalue weighted by Crippen LogP contribution is 2.27. The summed E-state index contributed by atoms with van der Waals surface area (Å²) in [5, 5.41) is 8.60.